The van der Waals surface area contributed by atoms with Crippen LogP contribution in [0.15, 0.2) is 42.5 Å². The van der Waals surface area contributed by atoms with E-state index in [2.05, 4.69) is 5.32 Å². The van der Waals surface area contributed by atoms with Crippen LogP contribution in [-0.2, 0) is 6.54 Å². The second kappa shape index (κ2) is 6.13. The van der Waals surface area contributed by atoms with Crippen LogP contribution < -0.4 is 11.1 Å². The standard InChI is InChI=1S/C15H12F2N2O2/c16-12-6-2-5-11(13(12)17)15(21)19-8-9-3-1-4-10(7-9)14(18)20/h1-7H,8H2,(H2,18,20)(H,19,21). The zero-order valence-electron chi connectivity index (χ0n) is 10.9. The van der Waals surface area contributed by atoms with Crippen LogP contribution >= 0.6 is 0 Å². The van der Waals surface area contributed by atoms with E-state index in [1.165, 1.54) is 18.2 Å². The molecule has 0 radical (unpaired) electrons. The number of primary amides is 1. The lowest BCUT2D eigenvalue weighted by atomic mass is 10.1. The average Bonchev–Trinajstić information content (AvgIpc) is 2.48. The van der Waals surface area contributed by atoms with Crippen LogP contribution in [0.4, 0.5) is 8.78 Å². The van der Waals surface area contributed by atoms with Gasteiger partial charge in [-0.2, -0.15) is 0 Å². The van der Waals surface area contributed by atoms with E-state index in [1.807, 2.05) is 0 Å². The molecule has 0 aromatic heterocycles. The third kappa shape index (κ3) is 3.42. The maximum Gasteiger partial charge on any atom is 0.254 e. The number of benzene rings is 2. The van der Waals surface area contributed by atoms with E-state index >= 15 is 0 Å². The molecule has 2 aromatic carbocycles. The summed E-state index contributed by atoms with van der Waals surface area (Å²) in [4.78, 5) is 22.8. The SMILES string of the molecule is NC(=O)c1cccc(CNC(=O)c2cccc(F)c2F)c1. The van der Waals surface area contributed by atoms with E-state index in [-0.39, 0.29) is 12.1 Å². The fraction of sp³-hybridized carbons (Fsp3) is 0.0667. The summed E-state index contributed by atoms with van der Waals surface area (Å²) in [7, 11) is 0. The fourth-order valence-corrected chi connectivity index (χ4v) is 1.79. The number of amides is 2. The highest BCUT2D eigenvalue weighted by Crippen LogP contribution is 2.11. The second-order valence-electron chi connectivity index (χ2n) is 4.35. The average molecular weight is 290 g/mol. The summed E-state index contributed by atoms with van der Waals surface area (Å²) in [6.07, 6.45) is 0. The summed E-state index contributed by atoms with van der Waals surface area (Å²) < 4.78 is 26.5. The summed E-state index contributed by atoms with van der Waals surface area (Å²) in [6, 6.07) is 9.72. The number of hydrogen-bond donors (Lipinski definition) is 2. The fourth-order valence-electron chi connectivity index (χ4n) is 1.79. The predicted molar refractivity (Wildman–Crippen MR) is 72.5 cm³/mol. The molecule has 0 unspecified atom stereocenters. The van der Waals surface area contributed by atoms with Crippen molar-refractivity contribution in [3.05, 3.63) is 70.8 Å². The van der Waals surface area contributed by atoms with Crippen molar-refractivity contribution in [1.29, 1.82) is 0 Å². The monoisotopic (exact) mass is 290 g/mol. The molecule has 6 heteroatoms. The minimum Gasteiger partial charge on any atom is -0.366 e. The van der Waals surface area contributed by atoms with E-state index in [0.29, 0.717) is 11.1 Å². The van der Waals surface area contributed by atoms with E-state index in [4.69, 9.17) is 5.73 Å². The maximum atomic E-state index is 13.5. The summed E-state index contributed by atoms with van der Waals surface area (Å²) >= 11 is 0. The summed E-state index contributed by atoms with van der Waals surface area (Å²) in [5, 5.41) is 2.45. The van der Waals surface area contributed by atoms with Gasteiger partial charge in [-0.25, -0.2) is 8.78 Å². The lowest BCUT2D eigenvalue weighted by molar-refractivity contribution is 0.0945. The first-order valence-corrected chi connectivity index (χ1v) is 6.10. The van der Waals surface area contributed by atoms with E-state index in [9.17, 15) is 18.4 Å². The van der Waals surface area contributed by atoms with E-state index < -0.39 is 23.4 Å². The number of nitrogens with one attached hydrogen (secondary N) is 1. The van der Waals surface area contributed by atoms with Gasteiger partial charge in [-0.3, -0.25) is 9.59 Å². The van der Waals surface area contributed by atoms with Crippen molar-refractivity contribution < 1.29 is 18.4 Å². The molecule has 0 bridgehead atoms. The minimum absolute atomic E-state index is 0.0654. The van der Waals surface area contributed by atoms with Crippen LogP contribution in [0.25, 0.3) is 0 Å². The number of rotatable bonds is 4. The molecule has 0 spiro atoms. The summed E-state index contributed by atoms with van der Waals surface area (Å²) in [6.45, 7) is 0.0654. The van der Waals surface area contributed by atoms with Crippen LogP contribution in [0.1, 0.15) is 26.3 Å². The first kappa shape index (κ1) is 14.6. The maximum absolute atomic E-state index is 13.5. The molecule has 3 N–H and O–H groups in total. The zero-order chi connectivity index (χ0) is 15.4. The van der Waals surface area contributed by atoms with Crippen LogP contribution in [0.3, 0.4) is 0 Å². The number of hydrogen-bond acceptors (Lipinski definition) is 2. The quantitative estimate of drug-likeness (QED) is 0.904. The van der Waals surface area contributed by atoms with Gasteiger partial charge in [0.1, 0.15) is 0 Å². The normalized spacial score (nSPS) is 10.2. The van der Waals surface area contributed by atoms with Gasteiger partial charge in [0.2, 0.25) is 5.91 Å². The van der Waals surface area contributed by atoms with Crippen molar-refractivity contribution in [1.82, 2.24) is 5.32 Å². The Hall–Kier alpha value is -2.76. The van der Waals surface area contributed by atoms with Crippen LogP contribution in [-0.4, -0.2) is 11.8 Å². The lowest BCUT2D eigenvalue weighted by Gasteiger charge is -2.07. The Balaban J connectivity index is 2.09. The second-order valence-corrected chi connectivity index (χ2v) is 4.35. The molecule has 21 heavy (non-hydrogen) atoms. The molecule has 4 nitrogen and oxygen atoms in total. The highest BCUT2D eigenvalue weighted by molar-refractivity contribution is 5.94. The largest absolute Gasteiger partial charge is 0.366 e. The van der Waals surface area contributed by atoms with Crippen LogP contribution in [0.2, 0.25) is 0 Å². The molecule has 0 atom stereocenters. The van der Waals surface area contributed by atoms with Gasteiger partial charge >= 0.3 is 0 Å². The molecule has 2 amide bonds. The molecule has 0 saturated carbocycles. The van der Waals surface area contributed by atoms with Gasteiger partial charge in [-0.05, 0) is 29.8 Å². The lowest BCUT2D eigenvalue weighted by Crippen LogP contribution is -2.24. The Kier molecular flexibility index (Phi) is 4.27. The summed E-state index contributed by atoms with van der Waals surface area (Å²) in [5.74, 6) is -3.60. The molecule has 0 aliphatic heterocycles. The Morgan fingerprint density at radius 1 is 1.10 bits per heavy atom. The minimum atomic E-state index is -1.19. The van der Waals surface area contributed by atoms with Crippen molar-refractivity contribution in [3.8, 4) is 0 Å². The first-order chi connectivity index (χ1) is 9.99. The van der Waals surface area contributed by atoms with Gasteiger partial charge < -0.3 is 11.1 Å². The topological polar surface area (TPSA) is 72.2 Å². The molecule has 2 aromatic rings. The van der Waals surface area contributed by atoms with Gasteiger partial charge in [0.15, 0.2) is 11.6 Å². The zero-order valence-corrected chi connectivity index (χ0v) is 10.9. The smallest absolute Gasteiger partial charge is 0.254 e. The third-order valence-corrected chi connectivity index (χ3v) is 2.86. The molecular formula is C15H12F2N2O2. The van der Waals surface area contributed by atoms with Gasteiger partial charge in [0, 0.05) is 12.1 Å². The Labute approximate surface area is 119 Å². The van der Waals surface area contributed by atoms with Crippen molar-refractivity contribution in [2.45, 2.75) is 6.54 Å². The van der Waals surface area contributed by atoms with Gasteiger partial charge in [-0.1, -0.05) is 18.2 Å². The molecule has 108 valence electrons. The van der Waals surface area contributed by atoms with Crippen molar-refractivity contribution in [2.24, 2.45) is 5.73 Å². The molecular weight excluding hydrogens is 278 g/mol. The molecule has 2 rings (SSSR count). The van der Waals surface area contributed by atoms with Gasteiger partial charge in [-0.15, -0.1) is 0 Å². The predicted octanol–water partition coefficient (Wildman–Crippen LogP) is 1.99. The molecule has 0 heterocycles. The van der Waals surface area contributed by atoms with Gasteiger partial charge in [0.25, 0.3) is 5.91 Å². The number of halogens is 2. The van der Waals surface area contributed by atoms with Crippen LogP contribution in [0, 0.1) is 11.6 Å². The van der Waals surface area contributed by atoms with E-state index in [1.54, 1.807) is 18.2 Å². The Bertz CT molecular complexity index is 702. The van der Waals surface area contributed by atoms with Crippen molar-refractivity contribution in [2.75, 3.05) is 0 Å². The Morgan fingerprint density at radius 3 is 2.52 bits per heavy atom. The first-order valence-electron chi connectivity index (χ1n) is 6.10. The third-order valence-electron chi connectivity index (χ3n) is 2.86. The molecule has 0 aliphatic carbocycles. The summed E-state index contributed by atoms with van der Waals surface area (Å²) in [5.41, 5.74) is 5.70. The molecule has 0 fully saturated rings. The molecule has 0 aliphatic rings. The van der Waals surface area contributed by atoms with Crippen LogP contribution in [0.5, 0.6) is 0 Å². The van der Waals surface area contributed by atoms with Crippen molar-refractivity contribution >= 4 is 11.8 Å². The van der Waals surface area contributed by atoms with Gasteiger partial charge in [0.05, 0.1) is 5.56 Å². The molecule has 0 saturated heterocycles. The highest BCUT2D eigenvalue weighted by atomic mass is 19.2. The highest BCUT2D eigenvalue weighted by Gasteiger charge is 2.14. The number of nitrogens with two attached hydrogens (primary N) is 1. The van der Waals surface area contributed by atoms with E-state index in [0.717, 1.165) is 6.07 Å². The Morgan fingerprint density at radius 2 is 1.81 bits per heavy atom. The van der Waals surface area contributed by atoms with Crippen molar-refractivity contribution in [3.63, 3.8) is 0 Å². The number of carbonyl (C=O) groups excluding carboxylic acids is 2. The number of carbonyl (C=O) groups is 2.